The molecule has 0 fully saturated rings. The average Bonchev–Trinajstić information content (AvgIpc) is 2.35. The molecule has 0 spiro atoms. The number of aryl methyl sites for hydroxylation is 1. The number of benzene rings is 1. The Labute approximate surface area is 98.3 Å². The van der Waals surface area contributed by atoms with Crippen molar-refractivity contribution in [2.45, 2.75) is 33.2 Å². The van der Waals surface area contributed by atoms with Gasteiger partial charge < -0.3 is 4.79 Å². The van der Waals surface area contributed by atoms with Crippen LogP contribution in [0.4, 0.5) is 0 Å². The lowest BCUT2D eigenvalue weighted by molar-refractivity contribution is -0.107. The predicted octanol–water partition coefficient (Wildman–Crippen LogP) is 2.66. The van der Waals surface area contributed by atoms with Crippen molar-refractivity contribution in [1.29, 1.82) is 0 Å². The summed E-state index contributed by atoms with van der Waals surface area (Å²) in [4.78, 5) is 12.7. The van der Waals surface area contributed by atoms with E-state index in [1.165, 1.54) is 11.1 Å². The second kappa shape index (κ2) is 7.18. The van der Waals surface area contributed by atoms with Crippen LogP contribution in [-0.4, -0.2) is 24.3 Å². The first-order valence-electron chi connectivity index (χ1n) is 6.04. The van der Waals surface area contributed by atoms with E-state index >= 15 is 0 Å². The van der Waals surface area contributed by atoms with E-state index in [1.54, 1.807) is 0 Å². The van der Waals surface area contributed by atoms with Gasteiger partial charge in [-0.15, -0.1) is 0 Å². The zero-order chi connectivity index (χ0) is 11.8. The minimum atomic E-state index is 0.620. The van der Waals surface area contributed by atoms with E-state index in [2.05, 4.69) is 43.0 Å². The van der Waals surface area contributed by atoms with Crippen molar-refractivity contribution in [1.82, 2.24) is 4.90 Å². The highest BCUT2D eigenvalue weighted by atomic mass is 16.1. The Kier molecular flexibility index (Phi) is 5.79. The molecule has 0 N–H and O–H groups in total. The van der Waals surface area contributed by atoms with E-state index in [0.717, 1.165) is 32.3 Å². The van der Waals surface area contributed by atoms with Crippen LogP contribution in [0.2, 0.25) is 0 Å². The first-order chi connectivity index (χ1) is 7.80. The lowest BCUT2D eigenvalue weighted by Crippen LogP contribution is -2.21. The molecule has 2 nitrogen and oxygen atoms in total. The summed E-state index contributed by atoms with van der Waals surface area (Å²) in [5.41, 5.74) is 2.59. The molecular weight excluding hydrogens is 198 g/mol. The van der Waals surface area contributed by atoms with E-state index in [0.29, 0.717) is 6.42 Å². The molecule has 0 aliphatic rings. The standard InChI is InChI=1S/C14H21NO/c1-3-15(4-2)12-14-9-7-13(8-10-14)6-5-11-16/h7-11H,3-6,12H2,1-2H3. The van der Waals surface area contributed by atoms with Crippen molar-refractivity contribution in [3.8, 4) is 0 Å². The van der Waals surface area contributed by atoms with Gasteiger partial charge in [0.25, 0.3) is 0 Å². The zero-order valence-corrected chi connectivity index (χ0v) is 10.3. The molecule has 0 radical (unpaired) electrons. The molecule has 0 saturated carbocycles. The van der Waals surface area contributed by atoms with Gasteiger partial charge in [0.05, 0.1) is 0 Å². The summed E-state index contributed by atoms with van der Waals surface area (Å²) in [7, 11) is 0. The fourth-order valence-corrected chi connectivity index (χ4v) is 1.74. The molecular formula is C14H21NO. The van der Waals surface area contributed by atoms with Crippen LogP contribution in [0, 0.1) is 0 Å². The molecule has 0 amide bonds. The van der Waals surface area contributed by atoms with Gasteiger partial charge in [0.1, 0.15) is 6.29 Å². The van der Waals surface area contributed by atoms with Crippen LogP contribution in [0.5, 0.6) is 0 Å². The highest BCUT2D eigenvalue weighted by molar-refractivity contribution is 5.50. The van der Waals surface area contributed by atoms with Crippen LogP contribution in [0.3, 0.4) is 0 Å². The quantitative estimate of drug-likeness (QED) is 0.657. The number of rotatable bonds is 7. The van der Waals surface area contributed by atoms with Gasteiger partial charge in [-0.2, -0.15) is 0 Å². The van der Waals surface area contributed by atoms with Gasteiger partial charge in [-0.05, 0) is 30.6 Å². The molecule has 16 heavy (non-hydrogen) atoms. The maximum atomic E-state index is 10.3. The van der Waals surface area contributed by atoms with Crippen molar-refractivity contribution in [2.24, 2.45) is 0 Å². The molecule has 88 valence electrons. The number of carbonyl (C=O) groups excluding carboxylic acids is 1. The average molecular weight is 219 g/mol. The maximum absolute atomic E-state index is 10.3. The molecule has 1 aromatic carbocycles. The molecule has 1 aromatic rings. The van der Waals surface area contributed by atoms with E-state index < -0.39 is 0 Å². The monoisotopic (exact) mass is 219 g/mol. The molecule has 0 aromatic heterocycles. The fourth-order valence-electron chi connectivity index (χ4n) is 1.74. The van der Waals surface area contributed by atoms with Crippen LogP contribution >= 0.6 is 0 Å². The van der Waals surface area contributed by atoms with Crippen molar-refractivity contribution >= 4 is 6.29 Å². The SMILES string of the molecule is CCN(CC)Cc1ccc(CCC=O)cc1. The predicted molar refractivity (Wildman–Crippen MR) is 67.5 cm³/mol. The van der Waals surface area contributed by atoms with E-state index in [9.17, 15) is 4.79 Å². The summed E-state index contributed by atoms with van der Waals surface area (Å²) < 4.78 is 0. The summed E-state index contributed by atoms with van der Waals surface area (Å²) in [6, 6.07) is 8.58. The lowest BCUT2D eigenvalue weighted by atomic mass is 10.1. The molecule has 0 aliphatic carbocycles. The van der Waals surface area contributed by atoms with Gasteiger partial charge in [-0.1, -0.05) is 38.1 Å². The Morgan fingerprint density at radius 2 is 1.62 bits per heavy atom. The van der Waals surface area contributed by atoms with Crippen molar-refractivity contribution < 1.29 is 4.79 Å². The van der Waals surface area contributed by atoms with Crippen LogP contribution < -0.4 is 0 Å². The third-order valence-electron chi connectivity index (χ3n) is 2.87. The summed E-state index contributed by atoms with van der Waals surface area (Å²) in [6.07, 6.45) is 2.45. The van der Waals surface area contributed by atoms with E-state index in [-0.39, 0.29) is 0 Å². The molecule has 0 aliphatic heterocycles. The second-order valence-corrected chi connectivity index (χ2v) is 3.98. The molecule has 0 saturated heterocycles. The fraction of sp³-hybridized carbons (Fsp3) is 0.500. The Morgan fingerprint density at radius 3 is 2.12 bits per heavy atom. The number of nitrogens with zero attached hydrogens (tertiary/aromatic N) is 1. The highest BCUT2D eigenvalue weighted by Gasteiger charge is 2.00. The first-order valence-corrected chi connectivity index (χ1v) is 6.04. The van der Waals surface area contributed by atoms with Crippen molar-refractivity contribution in [2.75, 3.05) is 13.1 Å². The Bertz CT molecular complexity index is 301. The highest BCUT2D eigenvalue weighted by Crippen LogP contribution is 2.08. The number of hydrogen-bond acceptors (Lipinski definition) is 2. The van der Waals surface area contributed by atoms with Crippen LogP contribution in [0.1, 0.15) is 31.4 Å². The van der Waals surface area contributed by atoms with Crippen LogP contribution in [0.25, 0.3) is 0 Å². The van der Waals surface area contributed by atoms with Gasteiger partial charge in [-0.3, -0.25) is 4.90 Å². The molecule has 0 atom stereocenters. The van der Waals surface area contributed by atoms with Gasteiger partial charge in [0, 0.05) is 13.0 Å². The Balaban J connectivity index is 2.53. The summed E-state index contributed by atoms with van der Waals surface area (Å²) in [5.74, 6) is 0. The Hall–Kier alpha value is -1.15. The second-order valence-electron chi connectivity index (χ2n) is 3.98. The number of aldehydes is 1. The summed E-state index contributed by atoms with van der Waals surface area (Å²) in [5, 5.41) is 0. The van der Waals surface area contributed by atoms with Gasteiger partial charge >= 0.3 is 0 Å². The number of hydrogen-bond donors (Lipinski definition) is 0. The molecule has 0 heterocycles. The van der Waals surface area contributed by atoms with Crippen molar-refractivity contribution in [3.05, 3.63) is 35.4 Å². The largest absolute Gasteiger partial charge is 0.303 e. The third-order valence-corrected chi connectivity index (χ3v) is 2.87. The van der Waals surface area contributed by atoms with Crippen LogP contribution in [0.15, 0.2) is 24.3 Å². The third kappa shape index (κ3) is 4.15. The number of carbonyl (C=O) groups is 1. The summed E-state index contributed by atoms with van der Waals surface area (Å²) >= 11 is 0. The molecule has 2 heteroatoms. The smallest absolute Gasteiger partial charge is 0.120 e. The van der Waals surface area contributed by atoms with E-state index in [4.69, 9.17) is 0 Å². The van der Waals surface area contributed by atoms with E-state index in [1.807, 2.05) is 0 Å². The van der Waals surface area contributed by atoms with Gasteiger partial charge in [-0.25, -0.2) is 0 Å². The molecule has 0 unspecified atom stereocenters. The molecule has 1 rings (SSSR count). The molecule has 0 bridgehead atoms. The van der Waals surface area contributed by atoms with Gasteiger partial charge in [0.2, 0.25) is 0 Å². The van der Waals surface area contributed by atoms with Crippen LogP contribution in [-0.2, 0) is 17.8 Å². The minimum absolute atomic E-state index is 0.620. The van der Waals surface area contributed by atoms with Gasteiger partial charge in [0.15, 0.2) is 0 Å². The normalized spacial score (nSPS) is 10.7. The zero-order valence-electron chi connectivity index (χ0n) is 10.3. The summed E-state index contributed by atoms with van der Waals surface area (Å²) in [6.45, 7) is 7.55. The Morgan fingerprint density at radius 1 is 1.06 bits per heavy atom. The first kappa shape index (κ1) is 12.9. The lowest BCUT2D eigenvalue weighted by Gasteiger charge is -2.18. The maximum Gasteiger partial charge on any atom is 0.120 e. The minimum Gasteiger partial charge on any atom is -0.303 e. The topological polar surface area (TPSA) is 20.3 Å². The van der Waals surface area contributed by atoms with Crippen molar-refractivity contribution in [3.63, 3.8) is 0 Å².